The molecule has 5 heteroatoms. The second kappa shape index (κ2) is 7.34. The van der Waals surface area contributed by atoms with Crippen LogP contribution in [0.3, 0.4) is 0 Å². The number of nitriles is 1. The van der Waals surface area contributed by atoms with Gasteiger partial charge in [0.2, 0.25) is 0 Å². The summed E-state index contributed by atoms with van der Waals surface area (Å²) >= 11 is 3.44. The minimum Gasteiger partial charge on any atom is -0.463 e. The maximum Gasteiger partial charge on any atom is 0.152 e. The second-order valence-corrected chi connectivity index (χ2v) is 7.35. The van der Waals surface area contributed by atoms with Gasteiger partial charge in [0.05, 0.1) is 12.0 Å². The first kappa shape index (κ1) is 18.0. The zero-order chi connectivity index (χ0) is 19.7. The minimum atomic E-state index is 0.266. The molecule has 0 saturated heterocycles. The topological polar surface area (TPSA) is 75.8 Å². The summed E-state index contributed by atoms with van der Waals surface area (Å²) in [5.74, 6) is 0.570. The molecule has 0 atom stereocenters. The first-order valence-corrected chi connectivity index (χ1v) is 9.48. The van der Waals surface area contributed by atoms with Crippen LogP contribution in [0.4, 0.5) is 5.69 Å². The third kappa shape index (κ3) is 3.19. The van der Waals surface area contributed by atoms with E-state index in [0.29, 0.717) is 22.7 Å². The highest BCUT2D eigenvalue weighted by molar-refractivity contribution is 9.10. The standard InChI is InChI=1S/C23H16BrN3O/c1-14-4-6-16(7-5-14)21-22(26)20(15-8-10-17(24)11-9-15)18(13-25)27-23(21)19-3-2-12-28-19/h2-12H,1H3,(H2,26,27). The molecule has 0 saturated carbocycles. The van der Waals surface area contributed by atoms with Crippen LogP contribution in [-0.4, -0.2) is 4.98 Å². The number of nitrogens with zero attached hydrogens (tertiary/aromatic N) is 2. The first-order valence-electron chi connectivity index (χ1n) is 8.69. The third-order valence-corrected chi connectivity index (χ3v) is 5.10. The SMILES string of the molecule is Cc1ccc(-c2c(-c3ccco3)nc(C#N)c(-c3ccc(Br)cc3)c2N)cc1. The number of benzene rings is 2. The molecule has 2 aromatic heterocycles. The highest BCUT2D eigenvalue weighted by atomic mass is 79.9. The predicted octanol–water partition coefficient (Wildman–Crippen LogP) is 6.20. The number of anilines is 1. The van der Waals surface area contributed by atoms with Crippen LogP contribution in [0.1, 0.15) is 11.3 Å². The molecule has 4 nitrogen and oxygen atoms in total. The Kier molecular flexibility index (Phi) is 4.72. The predicted molar refractivity (Wildman–Crippen MR) is 114 cm³/mol. The molecular weight excluding hydrogens is 414 g/mol. The Morgan fingerprint density at radius 3 is 2.21 bits per heavy atom. The van der Waals surface area contributed by atoms with E-state index in [1.54, 1.807) is 12.3 Å². The van der Waals surface area contributed by atoms with Gasteiger partial charge in [-0.2, -0.15) is 5.26 Å². The number of aryl methyl sites for hydroxylation is 1. The molecule has 28 heavy (non-hydrogen) atoms. The van der Waals surface area contributed by atoms with Gasteiger partial charge in [0.15, 0.2) is 11.5 Å². The van der Waals surface area contributed by atoms with E-state index < -0.39 is 0 Å². The van der Waals surface area contributed by atoms with Crippen LogP contribution in [0.2, 0.25) is 0 Å². The molecule has 2 aromatic carbocycles. The Labute approximate surface area is 171 Å². The van der Waals surface area contributed by atoms with Crippen molar-refractivity contribution in [3.63, 3.8) is 0 Å². The number of furan rings is 1. The van der Waals surface area contributed by atoms with Gasteiger partial charge in [0, 0.05) is 15.6 Å². The van der Waals surface area contributed by atoms with E-state index in [2.05, 4.69) is 27.0 Å². The van der Waals surface area contributed by atoms with Crippen molar-refractivity contribution in [3.8, 4) is 39.8 Å². The van der Waals surface area contributed by atoms with E-state index in [9.17, 15) is 5.26 Å². The van der Waals surface area contributed by atoms with E-state index in [1.165, 1.54) is 0 Å². The second-order valence-electron chi connectivity index (χ2n) is 6.43. The number of nitrogens with two attached hydrogens (primary N) is 1. The van der Waals surface area contributed by atoms with Gasteiger partial charge in [0.25, 0.3) is 0 Å². The lowest BCUT2D eigenvalue weighted by Crippen LogP contribution is -2.03. The van der Waals surface area contributed by atoms with Crippen molar-refractivity contribution < 1.29 is 4.42 Å². The highest BCUT2D eigenvalue weighted by Crippen LogP contribution is 2.42. The van der Waals surface area contributed by atoms with E-state index in [4.69, 9.17) is 10.2 Å². The lowest BCUT2D eigenvalue weighted by molar-refractivity contribution is 0.580. The first-order chi connectivity index (χ1) is 13.6. The number of halogens is 1. The number of rotatable bonds is 3. The van der Waals surface area contributed by atoms with E-state index >= 15 is 0 Å². The van der Waals surface area contributed by atoms with Gasteiger partial charge in [0.1, 0.15) is 11.8 Å². The van der Waals surface area contributed by atoms with Crippen molar-refractivity contribution in [3.05, 3.63) is 82.7 Å². The molecule has 2 N–H and O–H groups in total. The zero-order valence-corrected chi connectivity index (χ0v) is 16.7. The van der Waals surface area contributed by atoms with Gasteiger partial charge in [-0.05, 0) is 42.3 Å². The summed E-state index contributed by atoms with van der Waals surface area (Å²) in [6, 6.07) is 21.5. The summed E-state index contributed by atoms with van der Waals surface area (Å²) in [4.78, 5) is 4.65. The van der Waals surface area contributed by atoms with E-state index in [1.807, 2.05) is 61.5 Å². The molecule has 0 spiro atoms. The van der Waals surface area contributed by atoms with Crippen molar-refractivity contribution in [2.24, 2.45) is 0 Å². The smallest absolute Gasteiger partial charge is 0.152 e. The molecule has 0 amide bonds. The van der Waals surface area contributed by atoms with Gasteiger partial charge < -0.3 is 10.2 Å². The lowest BCUT2D eigenvalue weighted by atomic mass is 9.93. The average Bonchev–Trinajstić information content (AvgIpc) is 3.24. The largest absolute Gasteiger partial charge is 0.463 e. The third-order valence-electron chi connectivity index (χ3n) is 4.57. The van der Waals surface area contributed by atoms with Crippen molar-refractivity contribution in [2.45, 2.75) is 6.92 Å². The Hall–Kier alpha value is -3.36. The van der Waals surface area contributed by atoms with Gasteiger partial charge in [-0.25, -0.2) is 4.98 Å². The van der Waals surface area contributed by atoms with Crippen LogP contribution < -0.4 is 5.73 Å². The molecule has 0 fully saturated rings. The summed E-state index contributed by atoms with van der Waals surface area (Å²) in [6.07, 6.45) is 1.58. The lowest BCUT2D eigenvalue weighted by Gasteiger charge is -2.17. The van der Waals surface area contributed by atoms with Crippen LogP contribution in [-0.2, 0) is 0 Å². The van der Waals surface area contributed by atoms with Gasteiger partial charge in [-0.1, -0.05) is 57.9 Å². The fourth-order valence-corrected chi connectivity index (χ4v) is 3.46. The van der Waals surface area contributed by atoms with Crippen molar-refractivity contribution in [2.75, 3.05) is 5.73 Å². The Morgan fingerprint density at radius 1 is 0.964 bits per heavy atom. The molecule has 0 aliphatic heterocycles. The number of aromatic nitrogens is 1. The number of pyridine rings is 1. The molecular formula is C23H16BrN3O. The van der Waals surface area contributed by atoms with Gasteiger partial charge in [-0.15, -0.1) is 0 Å². The Morgan fingerprint density at radius 2 is 1.61 bits per heavy atom. The Balaban J connectivity index is 2.06. The van der Waals surface area contributed by atoms with Crippen LogP contribution >= 0.6 is 15.9 Å². The van der Waals surface area contributed by atoms with Crippen LogP contribution in [0, 0.1) is 18.3 Å². The highest BCUT2D eigenvalue weighted by Gasteiger charge is 2.22. The number of nitrogen functional groups attached to an aromatic ring is 1. The Bertz CT molecular complexity index is 1170. The van der Waals surface area contributed by atoms with Gasteiger partial charge in [-0.3, -0.25) is 0 Å². The summed E-state index contributed by atoms with van der Waals surface area (Å²) in [7, 11) is 0. The fourth-order valence-electron chi connectivity index (χ4n) is 3.20. The van der Waals surface area contributed by atoms with Crippen molar-refractivity contribution in [1.29, 1.82) is 5.26 Å². The van der Waals surface area contributed by atoms with Crippen molar-refractivity contribution in [1.82, 2.24) is 4.98 Å². The number of hydrogen-bond acceptors (Lipinski definition) is 4. The molecule has 0 bridgehead atoms. The van der Waals surface area contributed by atoms with E-state index in [-0.39, 0.29) is 5.69 Å². The summed E-state index contributed by atoms with van der Waals surface area (Å²) < 4.78 is 6.54. The zero-order valence-electron chi connectivity index (χ0n) is 15.1. The summed E-state index contributed by atoms with van der Waals surface area (Å²) in [5.41, 5.74) is 12.3. The molecule has 0 radical (unpaired) electrons. The van der Waals surface area contributed by atoms with Crippen LogP contribution in [0.25, 0.3) is 33.7 Å². The molecule has 4 rings (SSSR count). The summed E-state index contributed by atoms with van der Waals surface area (Å²) in [5, 5.41) is 9.77. The van der Waals surface area contributed by atoms with Gasteiger partial charge >= 0.3 is 0 Å². The molecule has 0 aliphatic carbocycles. The maximum absolute atomic E-state index is 9.77. The van der Waals surface area contributed by atoms with Crippen LogP contribution in [0.5, 0.6) is 0 Å². The average molecular weight is 430 g/mol. The molecule has 0 aliphatic rings. The molecule has 0 unspecified atom stereocenters. The fraction of sp³-hybridized carbons (Fsp3) is 0.0435. The van der Waals surface area contributed by atoms with Crippen LogP contribution in [0.15, 0.2) is 75.8 Å². The molecule has 136 valence electrons. The quantitative estimate of drug-likeness (QED) is 0.420. The molecule has 2 heterocycles. The number of hydrogen-bond donors (Lipinski definition) is 1. The van der Waals surface area contributed by atoms with E-state index in [0.717, 1.165) is 26.7 Å². The maximum atomic E-state index is 9.77. The summed E-state index contributed by atoms with van der Waals surface area (Å²) in [6.45, 7) is 2.03. The molecule has 4 aromatic rings. The monoisotopic (exact) mass is 429 g/mol. The minimum absolute atomic E-state index is 0.266. The normalized spacial score (nSPS) is 10.6. The van der Waals surface area contributed by atoms with Crippen molar-refractivity contribution >= 4 is 21.6 Å².